The molecule has 18 heavy (non-hydrogen) atoms. The first kappa shape index (κ1) is 13.8. The minimum absolute atomic E-state index is 0.500. The van der Waals surface area contributed by atoms with Gasteiger partial charge in [-0.15, -0.1) is 0 Å². The lowest BCUT2D eigenvalue weighted by molar-refractivity contribution is 0.232. The Kier molecular flexibility index (Phi) is 5.03. The molecule has 0 aromatic heterocycles. The average Bonchev–Trinajstić information content (AvgIpc) is 2.75. The van der Waals surface area contributed by atoms with Crippen molar-refractivity contribution in [2.45, 2.75) is 31.8 Å². The number of nitrogens with zero attached hydrogens (tertiary/aromatic N) is 1. The average molecular weight is 313 g/mol. The zero-order valence-electron chi connectivity index (χ0n) is 10.9. The van der Waals surface area contributed by atoms with Crippen molar-refractivity contribution in [2.75, 3.05) is 20.2 Å². The molecule has 4 heteroatoms. The van der Waals surface area contributed by atoms with Gasteiger partial charge in [0, 0.05) is 22.6 Å². The second-order valence-corrected chi connectivity index (χ2v) is 5.69. The lowest BCUT2D eigenvalue weighted by Crippen LogP contribution is -2.26. The first-order chi connectivity index (χ1) is 8.72. The van der Waals surface area contributed by atoms with E-state index in [-0.39, 0.29) is 0 Å². The molecule has 0 amide bonds. The normalized spacial score (nSPS) is 20.3. The molecule has 0 bridgehead atoms. The van der Waals surface area contributed by atoms with E-state index in [4.69, 9.17) is 10.5 Å². The maximum atomic E-state index is 5.88. The molecule has 1 atom stereocenters. The van der Waals surface area contributed by atoms with Crippen LogP contribution < -0.4 is 10.5 Å². The Morgan fingerprint density at radius 3 is 3.00 bits per heavy atom. The highest BCUT2D eigenvalue weighted by Crippen LogP contribution is 2.27. The Morgan fingerprint density at radius 1 is 1.50 bits per heavy atom. The van der Waals surface area contributed by atoms with E-state index in [1.54, 1.807) is 0 Å². The molecule has 1 heterocycles. The summed E-state index contributed by atoms with van der Waals surface area (Å²) in [5.41, 5.74) is 6.80. The van der Waals surface area contributed by atoms with E-state index in [1.807, 2.05) is 18.2 Å². The zero-order chi connectivity index (χ0) is 13.0. The van der Waals surface area contributed by atoms with Gasteiger partial charge in [-0.3, -0.25) is 0 Å². The highest BCUT2D eigenvalue weighted by molar-refractivity contribution is 9.10. The summed E-state index contributed by atoms with van der Waals surface area (Å²) >= 11 is 3.51. The molecule has 1 saturated heterocycles. The van der Waals surface area contributed by atoms with Crippen LogP contribution in [-0.2, 0) is 6.54 Å². The number of hydrogen-bond acceptors (Lipinski definition) is 3. The van der Waals surface area contributed by atoms with E-state index in [9.17, 15) is 0 Å². The number of benzene rings is 1. The molecule has 1 aliphatic heterocycles. The van der Waals surface area contributed by atoms with Gasteiger partial charge in [-0.2, -0.15) is 0 Å². The van der Waals surface area contributed by atoms with Gasteiger partial charge in [0.1, 0.15) is 5.75 Å². The number of hydrogen-bond donors (Lipinski definition) is 1. The molecule has 3 nitrogen and oxygen atoms in total. The van der Waals surface area contributed by atoms with Crippen LogP contribution in [0.1, 0.15) is 24.8 Å². The number of nitrogens with two attached hydrogens (primary N) is 1. The van der Waals surface area contributed by atoms with Crippen molar-refractivity contribution in [3.63, 3.8) is 0 Å². The number of ether oxygens (including phenoxy) is 1. The summed E-state index contributed by atoms with van der Waals surface area (Å²) in [4.78, 5) is 2.42. The summed E-state index contributed by atoms with van der Waals surface area (Å²) in [5.74, 6) is 0.910. The second-order valence-electron chi connectivity index (χ2n) is 4.83. The van der Waals surface area contributed by atoms with Crippen LogP contribution in [0.4, 0.5) is 0 Å². The summed E-state index contributed by atoms with van der Waals surface area (Å²) in [6, 6.07) is 6.66. The number of halogens is 1. The van der Waals surface area contributed by atoms with E-state index in [2.05, 4.69) is 27.9 Å². The standard InChI is InChI=1S/C14H21BrN2O/c1-17-8-3-4-11(17)7-9-18-14-6-2-5-13(15)12(14)10-16/h2,5-6,11H,3-4,7-10,16H2,1H3. The summed E-state index contributed by atoms with van der Waals surface area (Å²) in [7, 11) is 2.20. The van der Waals surface area contributed by atoms with E-state index < -0.39 is 0 Å². The molecule has 100 valence electrons. The maximum Gasteiger partial charge on any atom is 0.124 e. The Balaban J connectivity index is 1.88. The monoisotopic (exact) mass is 312 g/mol. The second kappa shape index (κ2) is 6.55. The molecule has 0 spiro atoms. The van der Waals surface area contributed by atoms with E-state index in [1.165, 1.54) is 19.4 Å². The quantitative estimate of drug-likeness (QED) is 0.908. The topological polar surface area (TPSA) is 38.5 Å². The van der Waals surface area contributed by atoms with Crippen LogP contribution >= 0.6 is 15.9 Å². The number of rotatable bonds is 5. The van der Waals surface area contributed by atoms with Gasteiger partial charge in [0.05, 0.1) is 6.61 Å². The fraction of sp³-hybridized carbons (Fsp3) is 0.571. The predicted octanol–water partition coefficient (Wildman–Crippen LogP) is 2.77. The van der Waals surface area contributed by atoms with Crippen molar-refractivity contribution in [3.8, 4) is 5.75 Å². The molecule has 2 rings (SSSR count). The predicted molar refractivity (Wildman–Crippen MR) is 77.8 cm³/mol. The molecule has 1 unspecified atom stereocenters. The summed E-state index contributed by atoms with van der Waals surface area (Å²) < 4.78 is 6.91. The molecular formula is C14H21BrN2O. The van der Waals surface area contributed by atoms with E-state index >= 15 is 0 Å². The van der Waals surface area contributed by atoms with Crippen LogP contribution in [0.25, 0.3) is 0 Å². The maximum absolute atomic E-state index is 5.88. The number of likely N-dealkylation sites (tertiary alicyclic amines) is 1. The van der Waals surface area contributed by atoms with Crippen LogP contribution in [0.2, 0.25) is 0 Å². The fourth-order valence-corrected chi connectivity index (χ4v) is 3.03. The molecule has 1 aliphatic rings. The molecule has 0 radical (unpaired) electrons. The smallest absolute Gasteiger partial charge is 0.124 e. The van der Waals surface area contributed by atoms with Gasteiger partial charge in [0.2, 0.25) is 0 Å². The highest BCUT2D eigenvalue weighted by atomic mass is 79.9. The summed E-state index contributed by atoms with van der Waals surface area (Å²) in [6.07, 6.45) is 3.70. The largest absolute Gasteiger partial charge is 0.493 e. The zero-order valence-corrected chi connectivity index (χ0v) is 12.4. The van der Waals surface area contributed by atoms with Crippen LogP contribution in [-0.4, -0.2) is 31.1 Å². The van der Waals surface area contributed by atoms with Crippen LogP contribution in [0.5, 0.6) is 5.75 Å². The van der Waals surface area contributed by atoms with Gasteiger partial charge in [-0.05, 0) is 45.0 Å². The first-order valence-electron chi connectivity index (χ1n) is 6.53. The lowest BCUT2D eigenvalue weighted by Gasteiger charge is -2.20. The SMILES string of the molecule is CN1CCCC1CCOc1cccc(Br)c1CN. The lowest BCUT2D eigenvalue weighted by atomic mass is 10.1. The fourth-order valence-electron chi connectivity index (χ4n) is 2.52. The summed E-state index contributed by atoms with van der Waals surface area (Å²) in [5, 5.41) is 0. The Morgan fingerprint density at radius 2 is 2.33 bits per heavy atom. The minimum Gasteiger partial charge on any atom is -0.493 e. The summed E-state index contributed by atoms with van der Waals surface area (Å²) in [6.45, 7) is 2.48. The first-order valence-corrected chi connectivity index (χ1v) is 7.32. The van der Waals surface area contributed by atoms with Gasteiger partial charge >= 0.3 is 0 Å². The van der Waals surface area contributed by atoms with Gasteiger partial charge < -0.3 is 15.4 Å². The van der Waals surface area contributed by atoms with Crippen LogP contribution in [0, 0.1) is 0 Å². The minimum atomic E-state index is 0.500. The molecule has 1 aromatic carbocycles. The Hall–Kier alpha value is -0.580. The van der Waals surface area contributed by atoms with Crippen molar-refractivity contribution in [2.24, 2.45) is 5.73 Å². The van der Waals surface area contributed by atoms with Crippen molar-refractivity contribution in [1.29, 1.82) is 0 Å². The van der Waals surface area contributed by atoms with Gasteiger partial charge in [-0.1, -0.05) is 22.0 Å². The van der Waals surface area contributed by atoms with Gasteiger partial charge in [0.15, 0.2) is 0 Å². The Labute approximate surface area is 117 Å². The molecule has 0 saturated carbocycles. The molecule has 0 aliphatic carbocycles. The van der Waals surface area contributed by atoms with Gasteiger partial charge in [0.25, 0.3) is 0 Å². The van der Waals surface area contributed by atoms with Crippen molar-refractivity contribution in [3.05, 3.63) is 28.2 Å². The highest BCUT2D eigenvalue weighted by Gasteiger charge is 2.20. The van der Waals surface area contributed by atoms with Crippen molar-refractivity contribution < 1.29 is 4.74 Å². The molecule has 1 aromatic rings. The van der Waals surface area contributed by atoms with E-state index in [0.717, 1.165) is 28.8 Å². The van der Waals surface area contributed by atoms with Crippen LogP contribution in [0.3, 0.4) is 0 Å². The van der Waals surface area contributed by atoms with Crippen LogP contribution in [0.15, 0.2) is 22.7 Å². The molecule has 2 N–H and O–H groups in total. The van der Waals surface area contributed by atoms with Crippen molar-refractivity contribution >= 4 is 15.9 Å². The third kappa shape index (κ3) is 3.25. The molecule has 1 fully saturated rings. The third-order valence-corrected chi connectivity index (χ3v) is 4.40. The molecular weight excluding hydrogens is 292 g/mol. The van der Waals surface area contributed by atoms with Crippen molar-refractivity contribution in [1.82, 2.24) is 4.90 Å². The Bertz CT molecular complexity index is 397. The van der Waals surface area contributed by atoms with E-state index in [0.29, 0.717) is 12.6 Å². The third-order valence-electron chi connectivity index (χ3n) is 3.66. The van der Waals surface area contributed by atoms with Gasteiger partial charge in [-0.25, -0.2) is 0 Å².